The molecule has 0 saturated carbocycles. The number of rotatable bonds is 48. The van der Waals surface area contributed by atoms with E-state index in [4.69, 9.17) is 23.6 Å². The fourth-order valence-electron chi connectivity index (χ4n) is 6.83. The predicted molar refractivity (Wildman–Crippen MR) is 265 cm³/mol. The third-order valence-corrected chi connectivity index (χ3v) is 11.6. The second-order valence-corrected chi connectivity index (χ2v) is 18.3. The van der Waals surface area contributed by atoms with E-state index in [2.05, 4.69) is 86.8 Å². The molecular formula is C53H95O9P. The number of hydrogen-bond acceptors (Lipinski definition) is 8. The lowest BCUT2D eigenvalue weighted by atomic mass is 10.0. The number of allylic oxidation sites excluding steroid dienone is 12. The molecule has 3 N–H and O–H groups in total. The van der Waals surface area contributed by atoms with E-state index in [0.717, 1.165) is 83.5 Å². The van der Waals surface area contributed by atoms with Gasteiger partial charge in [0.05, 0.1) is 26.4 Å². The van der Waals surface area contributed by atoms with Crippen molar-refractivity contribution in [3.63, 3.8) is 0 Å². The van der Waals surface area contributed by atoms with E-state index in [1.165, 1.54) is 103 Å². The summed E-state index contributed by atoms with van der Waals surface area (Å²) in [6.07, 6.45) is 60.1. The number of phosphoric acid groups is 1. The summed E-state index contributed by atoms with van der Waals surface area (Å²) in [5.74, 6) is -0.406. The van der Waals surface area contributed by atoms with Crippen molar-refractivity contribution in [2.75, 3.05) is 33.0 Å². The van der Waals surface area contributed by atoms with Gasteiger partial charge in [-0.2, -0.15) is 0 Å². The van der Waals surface area contributed by atoms with Crippen LogP contribution in [0.3, 0.4) is 0 Å². The van der Waals surface area contributed by atoms with E-state index >= 15 is 0 Å². The standard InChI is InChI=1S/C53H95O9P/c1-3-5-7-9-11-13-15-17-19-21-23-24-25-26-27-29-31-33-35-37-39-41-43-45-53(56)62-52(50-61-63(57,58)60-48-51(55)47-54)49-59-46-44-42-40-38-36-34-32-30-28-22-20-18-16-14-12-10-8-6-4-2/h5,7,11,13,17,19,23-24,26-27,31,33,51-52,54-55H,3-4,6,8-10,12,14-16,18,20-22,25,28-30,32,34-50H2,1-2H3,(H,57,58)/b7-5-,13-11-,19-17-,24-23-,27-26-,33-31-. The number of aliphatic hydroxyl groups excluding tert-OH is 2. The van der Waals surface area contributed by atoms with E-state index in [9.17, 15) is 19.4 Å². The molecule has 0 aromatic rings. The predicted octanol–water partition coefficient (Wildman–Crippen LogP) is 14.9. The first-order chi connectivity index (χ1) is 30.8. The van der Waals surface area contributed by atoms with Gasteiger partial charge in [0, 0.05) is 13.0 Å². The van der Waals surface area contributed by atoms with Crippen LogP contribution in [0.4, 0.5) is 0 Å². The summed E-state index contributed by atoms with van der Waals surface area (Å²) in [5.41, 5.74) is 0. The fraction of sp³-hybridized carbons (Fsp3) is 0.755. The van der Waals surface area contributed by atoms with Crippen molar-refractivity contribution in [3.8, 4) is 0 Å². The lowest BCUT2D eigenvalue weighted by Crippen LogP contribution is -2.29. The normalized spacial score (nSPS) is 14.4. The van der Waals surface area contributed by atoms with Gasteiger partial charge in [-0.15, -0.1) is 0 Å². The molecule has 0 bridgehead atoms. The highest BCUT2D eigenvalue weighted by molar-refractivity contribution is 7.47. The van der Waals surface area contributed by atoms with Crippen molar-refractivity contribution < 1.29 is 43.0 Å². The van der Waals surface area contributed by atoms with Gasteiger partial charge in [0.1, 0.15) is 12.2 Å². The zero-order valence-electron chi connectivity index (χ0n) is 40.3. The summed E-state index contributed by atoms with van der Waals surface area (Å²) < 4.78 is 33.5. The van der Waals surface area contributed by atoms with Crippen LogP contribution < -0.4 is 0 Å². The van der Waals surface area contributed by atoms with Crippen molar-refractivity contribution >= 4 is 13.8 Å². The number of aliphatic hydroxyl groups is 2. The summed E-state index contributed by atoms with van der Waals surface area (Å²) in [7, 11) is -4.53. The molecule has 3 unspecified atom stereocenters. The van der Waals surface area contributed by atoms with Gasteiger partial charge in [-0.1, -0.05) is 215 Å². The zero-order valence-corrected chi connectivity index (χ0v) is 41.2. The Morgan fingerprint density at radius 1 is 0.508 bits per heavy atom. The van der Waals surface area contributed by atoms with Gasteiger partial charge in [-0.05, 0) is 64.2 Å². The maximum absolute atomic E-state index is 12.7. The summed E-state index contributed by atoms with van der Waals surface area (Å²) in [6, 6.07) is 0. The number of unbranched alkanes of at least 4 members (excludes halogenated alkanes) is 22. The molecule has 0 rings (SSSR count). The molecule has 0 fully saturated rings. The minimum absolute atomic E-state index is 0.0377. The molecule has 366 valence electrons. The molecule has 0 radical (unpaired) electrons. The van der Waals surface area contributed by atoms with Crippen molar-refractivity contribution in [1.29, 1.82) is 0 Å². The highest BCUT2D eigenvalue weighted by atomic mass is 31.2. The third kappa shape index (κ3) is 49.2. The minimum atomic E-state index is -4.53. The van der Waals surface area contributed by atoms with E-state index < -0.39 is 39.2 Å². The summed E-state index contributed by atoms with van der Waals surface area (Å²) in [4.78, 5) is 22.7. The Balaban J connectivity index is 4.15. The smallest absolute Gasteiger partial charge is 0.457 e. The Labute approximate surface area is 386 Å². The minimum Gasteiger partial charge on any atom is -0.457 e. The summed E-state index contributed by atoms with van der Waals surface area (Å²) in [6.45, 7) is 3.39. The largest absolute Gasteiger partial charge is 0.472 e. The number of carbonyl (C=O) groups excluding carboxylic acids is 1. The lowest BCUT2D eigenvalue weighted by molar-refractivity contribution is -0.154. The molecule has 0 aromatic heterocycles. The Morgan fingerprint density at radius 3 is 1.37 bits per heavy atom. The number of esters is 1. The molecule has 3 atom stereocenters. The maximum atomic E-state index is 12.7. The van der Waals surface area contributed by atoms with Gasteiger partial charge in [0.25, 0.3) is 0 Å². The van der Waals surface area contributed by atoms with Gasteiger partial charge in [-0.3, -0.25) is 13.8 Å². The lowest BCUT2D eigenvalue weighted by Gasteiger charge is -2.20. The SMILES string of the molecule is CC/C=C\C/C=C\C/C=C\C/C=C\C/C=C\C/C=C\CCCCCCC(=O)OC(COCCCCCCCCCCCCCCCCCCCCC)COP(=O)(O)OCC(O)CO. The van der Waals surface area contributed by atoms with Crippen LogP contribution in [-0.2, 0) is 27.9 Å². The van der Waals surface area contributed by atoms with E-state index in [1.807, 2.05) is 0 Å². The highest BCUT2D eigenvalue weighted by Crippen LogP contribution is 2.43. The van der Waals surface area contributed by atoms with Crippen LogP contribution in [0.5, 0.6) is 0 Å². The molecule has 63 heavy (non-hydrogen) atoms. The van der Waals surface area contributed by atoms with Gasteiger partial charge >= 0.3 is 13.8 Å². The zero-order chi connectivity index (χ0) is 46.0. The first-order valence-electron chi connectivity index (χ1n) is 25.4. The van der Waals surface area contributed by atoms with Gasteiger partial charge < -0.3 is 24.6 Å². The highest BCUT2D eigenvalue weighted by Gasteiger charge is 2.26. The molecule has 9 nitrogen and oxygen atoms in total. The van der Waals surface area contributed by atoms with Crippen LogP contribution in [0, 0.1) is 0 Å². The van der Waals surface area contributed by atoms with E-state index in [-0.39, 0.29) is 19.6 Å². The average molecular weight is 907 g/mol. The third-order valence-electron chi connectivity index (χ3n) is 10.7. The molecule has 0 aliphatic carbocycles. The maximum Gasteiger partial charge on any atom is 0.472 e. The topological polar surface area (TPSA) is 132 Å². The van der Waals surface area contributed by atoms with Crippen LogP contribution in [-0.4, -0.2) is 66.3 Å². The Bertz CT molecular complexity index is 1210. The van der Waals surface area contributed by atoms with Crippen molar-refractivity contribution in [2.24, 2.45) is 0 Å². The molecule has 0 amide bonds. The van der Waals surface area contributed by atoms with Crippen molar-refractivity contribution in [2.45, 2.75) is 225 Å². The molecule has 0 saturated heterocycles. The molecular weight excluding hydrogens is 812 g/mol. The van der Waals surface area contributed by atoms with Gasteiger partial charge in [0.2, 0.25) is 0 Å². The Morgan fingerprint density at radius 2 is 0.905 bits per heavy atom. The van der Waals surface area contributed by atoms with Crippen LogP contribution in [0.25, 0.3) is 0 Å². The number of hydrogen-bond donors (Lipinski definition) is 3. The molecule has 0 heterocycles. The van der Waals surface area contributed by atoms with Crippen LogP contribution >= 0.6 is 7.82 Å². The number of carbonyl (C=O) groups is 1. The number of ether oxygens (including phenoxy) is 2. The quantitative estimate of drug-likeness (QED) is 0.0236. The van der Waals surface area contributed by atoms with Gasteiger partial charge in [-0.25, -0.2) is 4.57 Å². The van der Waals surface area contributed by atoms with Crippen LogP contribution in [0.15, 0.2) is 72.9 Å². The number of phosphoric ester groups is 1. The van der Waals surface area contributed by atoms with E-state index in [1.54, 1.807) is 0 Å². The molecule has 0 aliphatic heterocycles. The van der Waals surface area contributed by atoms with E-state index in [0.29, 0.717) is 13.0 Å². The second kappa shape index (κ2) is 49.3. The molecule has 0 spiro atoms. The van der Waals surface area contributed by atoms with Crippen molar-refractivity contribution in [3.05, 3.63) is 72.9 Å². The summed E-state index contributed by atoms with van der Waals surface area (Å²) in [5, 5.41) is 18.4. The monoisotopic (exact) mass is 907 g/mol. The molecule has 0 aliphatic rings. The van der Waals surface area contributed by atoms with Crippen LogP contribution in [0.2, 0.25) is 0 Å². The molecule has 0 aromatic carbocycles. The molecule has 10 heteroatoms. The first kappa shape index (κ1) is 60.9. The van der Waals surface area contributed by atoms with Gasteiger partial charge in [0.15, 0.2) is 0 Å². The fourth-order valence-corrected chi connectivity index (χ4v) is 7.62. The summed E-state index contributed by atoms with van der Waals surface area (Å²) >= 11 is 0. The van der Waals surface area contributed by atoms with Crippen LogP contribution in [0.1, 0.15) is 213 Å². The van der Waals surface area contributed by atoms with Crippen molar-refractivity contribution in [1.82, 2.24) is 0 Å². The first-order valence-corrected chi connectivity index (χ1v) is 26.9. The Hall–Kier alpha value is -2.10. The Kier molecular flexibility index (Phi) is 47.7. The average Bonchev–Trinajstić information content (AvgIpc) is 3.28. The second-order valence-electron chi connectivity index (χ2n) is 16.8.